The number of ether oxygens (including phenoxy) is 5. The van der Waals surface area contributed by atoms with Crippen molar-refractivity contribution < 1.29 is 28.5 Å². The first-order valence-corrected chi connectivity index (χ1v) is 11.2. The van der Waals surface area contributed by atoms with Gasteiger partial charge in [-0.1, -0.05) is 42.5 Å². The molecule has 1 fully saturated rings. The van der Waals surface area contributed by atoms with Gasteiger partial charge in [-0.3, -0.25) is 4.90 Å². The van der Waals surface area contributed by atoms with Gasteiger partial charge in [0, 0.05) is 19.1 Å². The predicted octanol–water partition coefficient (Wildman–Crippen LogP) is 5.50. The zero-order valence-corrected chi connectivity index (χ0v) is 19.6. The molecule has 0 aliphatic carbocycles. The normalized spacial score (nSPS) is 22.5. The summed E-state index contributed by atoms with van der Waals surface area (Å²) in [4.78, 5) is 14.9. The molecule has 3 atom stereocenters. The lowest BCUT2D eigenvalue weighted by Gasteiger charge is -2.38. The van der Waals surface area contributed by atoms with E-state index in [-0.39, 0.29) is 6.04 Å². The Morgan fingerprint density at radius 2 is 1.74 bits per heavy atom. The molecule has 1 saturated heterocycles. The number of methoxy groups -OCH3 is 3. The summed E-state index contributed by atoms with van der Waals surface area (Å²) in [6, 6.07) is 19.0. The Labute approximate surface area is 198 Å². The van der Waals surface area contributed by atoms with E-state index in [1.807, 2.05) is 49.4 Å². The molecule has 0 N–H and O–H groups in total. The van der Waals surface area contributed by atoms with E-state index in [0.717, 1.165) is 21.9 Å². The molecule has 7 heteroatoms. The number of fused-ring (bicyclic) bond motifs is 2. The summed E-state index contributed by atoms with van der Waals surface area (Å²) >= 11 is 0. The number of nitrogens with zero attached hydrogens (tertiary/aromatic N) is 1. The van der Waals surface area contributed by atoms with Gasteiger partial charge in [0.1, 0.15) is 11.8 Å². The van der Waals surface area contributed by atoms with Gasteiger partial charge in [0.2, 0.25) is 0 Å². The Hall–Kier alpha value is -3.71. The first-order valence-electron chi connectivity index (χ1n) is 11.2. The first-order chi connectivity index (χ1) is 16.5. The number of rotatable bonds is 6. The molecule has 176 valence electrons. The van der Waals surface area contributed by atoms with Gasteiger partial charge in [-0.15, -0.1) is 0 Å². The highest BCUT2D eigenvalue weighted by Crippen LogP contribution is 2.46. The molecule has 5 rings (SSSR count). The largest absolute Gasteiger partial charge is 0.493 e. The van der Waals surface area contributed by atoms with Crippen LogP contribution in [-0.2, 0) is 14.2 Å². The molecule has 0 bridgehead atoms. The van der Waals surface area contributed by atoms with Crippen molar-refractivity contribution >= 4 is 22.6 Å². The maximum absolute atomic E-state index is 13.2. The third-order valence-corrected chi connectivity index (χ3v) is 6.61. The van der Waals surface area contributed by atoms with Crippen LogP contribution in [0.25, 0.3) is 16.5 Å². The molecular formula is C27H27NO6. The minimum Gasteiger partial charge on any atom is -0.493 e. The monoisotopic (exact) mass is 461 g/mol. The minimum absolute atomic E-state index is 0.250. The van der Waals surface area contributed by atoms with Crippen LogP contribution in [0.1, 0.15) is 30.5 Å². The average Bonchev–Trinajstić information content (AvgIpc) is 3.18. The zero-order chi connectivity index (χ0) is 23.9. The molecule has 3 aromatic rings. The van der Waals surface area contributed by atoms with Crippen LogP contribution in [0, 0.1) is 0 Å². The van der Waals surface area contributed by atoms with Gasteiger partial charge in [-0.25, -0.2) is 4.79 Å². The van der Waals surface area contributed by atoms with Crippen LogP contribution in [0.15, 0.2) is 66.7 Å². The fraction of sp³-hybridized carbons (Fsp3) is 0.296. The van der Waals surface area contributed by atoms with Crippen molar-refractivity contribution in [3.63, 3.8) is 0 Å². The second kappa shape index (κ2) is 8.57. The van der Waals surface area contributed by atoms with E-state index in [1.54, 1.807) is 25.2 Å². The average molecular weight is 462 g/mol. The van der Waals surface area contributed by atoms with Gasteiger partial charge in [-0.05, 0) is 47.5 Å². The van der Waals surface area contributed by atoms with E-state index in [9.17, 15) is 4.79 Å². The van der Waals surface area contributed by atoms with Crippen LogP contribution >= 0.6 is 0 Å². The number of hydrogen-bond acceptors (Lipinski definition) is 6. The Kier molecular flexibility index (Phi) is 5.57. The molecule has 2 aliphatic heterocycles. The van der Waals surface area contributed by atoms with E-state index in [1.165, 1.54) is 7.11 Å². The third kappa shape index (κ3) is 3.44. The van der Waals surface area contributed by atoms with Gasteiger partial charge in [0.15, 0.2) is 11.5 Å². The first kappa shape index (κ1) is 22.1. The summed E-state index contributed by atoms with van der Waals surface area (Å²) in [6.45, 7) is 2.00. The Morgan fingerprint density at radius 1 is 0.971 bits per heavy atom. The number of hydrogen-bond donors (Lipinski definition) is 0. The molecule has 0 spiro atoms. The fourth-order valence-electron chi connectivity index (χ4n) is 4.88. The molecule has 2 heterocycles. The second-order valence-electron chi connectivity index (χ2n) is 8.32. The lowest BCUT2D eigenvalue weighted by atomic mass is 9.96. The quantitative estimate of drug-likeness (QED) is 0.483. The highest BCUT2D eigenvalue weighted by atomic mass is 16.9. The maximum Gasteiger partial charge on any atom is 0.416 e. The van der Waals surface area contributed by atoms with Gasteiger partial charge >= 0.3 is 12.1 Å². The molecule has 3 unspecified atom stereocenters. The summed E-state index contributed by atoms with van der Waals surface area (Å²) in [5.41, 5.74) is 1.81. The third-order valence-electron chi connectivity index (χ3n) is 6.61. The van der Waals surface area contributed by atoms with Crippen molar-refractivity contribution in [3.8, 4) is 11.5 Å². The molecule has 0 saturated carbocycles. The van der Waals surface area contributed by atoms with Gasteiger partial charge in [0.05, 0.1) is 20.3 Å². The van der Waals surface area contributed by atoms with Crippen molar-refractivity contribution in [2.75, 3.05) is 21.3 Å². The highest BCUT2D eigenvalue weighted by molar-refractivity contribution is 5.86. The van der Waals surface area contributed by atoms with Crippen molar-refractivity contribution in [1.29, 1.82) is 0 Å². The summed E-state index contributed by atoms with van der Waals surface area (Å²) in [6.07, 6.45) is 1.97. The standard InChI is InChI=1S/C27H27NO6/c1-17(20-11-7-9-18-8-5-6-10-21(18)20)28-25-15-14-22(33-27(25,32-4)34-26(28)29)19-12-13-23(30-2)24(16-19)31-3/h5-14,16-17,25H,15H2,1-4H3. The van der Waals surface area contributed by atoms with E-state index >= 15 is 0 Å². The van der Waals surface area contributed by atoms with Crippen LogP contribution in [0.5, 0.6) is 11.5 Å². The molecule has 2 aliphatic rings. The smallest absolute Gasteiger partial charge is 0.416 e. The fourth-order valence-corrected chi connectivity index (χ4v) is 4.88. The molecule has 34 heavy (non-hydrogen) atoms. The summed E-state index contributed by atoms with van der Waals surface area (Å²) in [7, 11) is 4.65. The molecule has 7 nitrogen and oxygen atoms in total. The SMILES string of the molecule is COc1ccc(C2=CCC3N(C(C)c4cccc5ccccc45)C(=O)OC3(OC)O2)cc1OC. The lowest BCUT2D eigenvalue weighted by molar-refractivity contribution is -0.318. The summed E-state index contributed by atoms with van der Waals surface area (Å²) in [5.74, 6) is 0.191. The summed E-state index contributed by atoms with van der Waals surface area (Å²) in [5, 5.41) is 2.21. The Morgan fingerprint density at radius 3 is 2.50 bits per heavy atom. The van der Waals surface area contributed by atoms with Crippen LogP contribution < -0.4 is 9.47 Å². The molecule has 0 aromatic heterocycles. The molecule has 0 radical (unpaired) electrons. The second-order valence-corrected chi connectivity index (χ2v) is 8.32. The van der Waals surface area contributed by atoms with Crippen LogP contribution in [0.2, 0.25) is 0 Å². The molecular weight excluding hydrogens is 434 g/mol. The van der Waals surface area contributed by atoms with Crippen LogP contribution in [-0.4, -0.2) is 44.3 Å². The van der Waals surface area contributed by atoms with Crippen LogP contribution in [0.4, 0.5) is 4.79 Å². The van der Waals surface area contributed by atoms with Crippen molar-refractivity contribution in [2.45, 2.75) is 31.4 Å². The lowest BCUT2D eigenvalue weighted by Crippen LogP contribution is -2.50. The maximum atomic E-state index is 13.2. The Balaban J connectivity index is 1.50. The van der Waals surface area contributed by atoms with Gasteiger partial charge in [0.25, 0.3) is 0 Å². The van der Waals surface area contributed by atoms with E-state index in [2.05, 4.69) is 18.2 Å². The van der Waals surface area contributed by atoms with E-state index in [4.69, 9.17) is 23.7 Å². The van der Waals surface area contributed by atoms with Crippen LogP contribution in [0.3, 0.4) is 0 Å². The topological polar surface area (TPSA) is 66.5 Å². The number of carbonyl (C=O) groups excluding carboxylic acids is 1. The number of carbonyl (C=O) groups is 1. The number of benzene rings is 3. The van der Waals surface area contributed by atoms with E-state index < -0.39 is 18.1 Å². The molecule has 1 amide bonds. The zero-order valence-electron chi connectivity index (χ0n) is 19.6. The molecule has 3 aromatic carbocycles. The van der Waals surface area contributed by atoms with Crippen molar-refractivity contribution in [3.05, 3.63) is 77.9 Å². The van der Waals surface area contributed by atoms with Gasteiger partial charge in [-0.2, -0.15) is 0 Å². The highest BCUT2D eigenvalue weighted by Gasteiger charge is 2.60. The van der Waals surface area contributed by atoms with E-state index in [0.29, 0.717) is 23.7 Å². The predicted molar refractivity (Wildman–Crippen MR) is 127 cm³/mol. The van der Waals surface area contributed by atoms with Gasteiger partial charge < -0.3 is 23.7 Å². The van der Waals surface area contributed by atoms with Crippen molar-refractivity contribution in [1.82, 2.24) is 4.90 Å². The van der Waals surface area contributed by atoms with Crippen molar-refractivity contribution in [2.24, 2.45) is 0 Å². The minimum atomic E-state index is -1.55. The number of amides is 1. The Bertz CT molecular complexity index is 1270. The summed E-state index contributed by atoms with van der Waals surface area (Å²) < 4.78 is 28.5.